The fourth-order valence-electron chi connectivity index (χ4n) is 0.628. The normalized spacial score (nSPS) is 10.3. The molecule has 1 aromatic rings. The largest absolute Gasteiger partial charge is 0.380 e. The first kappa shape index (κ1) is 8.17. The molecule has 10 heavy (non-hydrogen) atoms. The summed E-state index contributed by atoms with van der Waals surface area (Å²) in [7, 11) is 1.59. The fourth-order valence-corrected chi connectivity index (χ4v) is 1.94. The van der Waals surface area contributed by atoms with Crippen molar-refractivity contribution in [1.82, 2.24) is 0 Å². The second-order valence-electron chi connectivity index (χ2n) is 1.78. The molecule has 0 fully saturated rings. The van der Waals surface area contributed by atoms with Crippen LogP contribution >= 0.6 is 27.3 Å². The van der Waals surface area contributed by atoms with E-state index in [4.69, 9.17) is 4.74 Å². The summed E-state index contributed by atoms with van der Waals surface area (Å²) in [5.41, 5.74) is 0.866. The van der Waals surface area contributed by atoms with Gasteiger partial charge in [-0.1, -0.05) is 11.3 Å². The quantitative estimate of drug-likeness (QED) is 0.751. The van der Waals surface area contributed by atoms with Gasteiger partial charge in [0.25, 0.3) is 0 Å². The Balaban J connectivity index is 2.81. The van der Waals surface area contributed by atoms with E-state index in [9.17, 15) is 4.39 Å². The van der Waals surface area contributed by atoms with Crippen LogP contribution in [0.2, 0.25) is 0 Å². The predicted octanol–water partition coefficient (Wildman–Crippen LogP) is 2.80. The van der Waals surface area contributed by atoms with Crippen LogP contribution in [-0.2, 0) is 11.3 Å². The summed E-state index contributed by atoms with van der Waals surface area (Å²) in [5.74, 6) is 0. The Morgan fingerprint density at radius 3 is 2.90 bits per heavy atom. The van der Waals surface area contributed by atoms with E-state index < -0.39 is 0 Å². The highest BCUT2D eigenvalue weighted by molar-refractivity contribution is 9.11. The Hall–Kier alpha value is 0.0700. The zero-order chi connectivity index (χ0) is 7.56. The number of hydrogen-bond donors (Lipinski definition) is 0. The minimum atomic E-state index is -0.182. The summed E-state index contributed by atoms with van der Waals surface area (Å²) >= 11 is 4.30. The second kappa shape index (κ2) is 3.46. The van der Waals surface area contributed by atoms with Gasteiger partial charge in [-0.3, -0.25) is 0 Å². The first-order valence-electron chi connectivity index (χ1n) is 2.66. The van der Waals surface area contributed by atoms with Crippen molar-refractivity contribution >= 4 is 27.3 Å². The number of hydrogen-bond acceptors (Lipinski definition) is 2. The average Bonchev–Trinajstić information content (AvgIpc) is 2.13. The lowest BCUT2D eigenvalue weighted by Crippen LogP contribution is -1.83. The SMILES string of the molecule is COCc1cc(F)sc1Br. The maximum atomic E-state index is 12.4. The molecule has 0 unspecified atom stereocenters. The van der Waals surface area contributed by atoms with Crippen LogP contribution in [-0.4, -0.2) is 7.11 Å². The van der Waals surface area contributed by atoms with Crippen LogP contribution in [0, 0.1) is 5.13 Å². The van der Waals surface area contributed by atoms with Crippen LogP contribution in [0.5, 0.6) is 0 Å². The van der Waals surface area contributed by atoms with Gasteiger partial charge in [-0.2, -0.15) is 4.39 Å². The molecule has 56 valence electrons. The lowest BCUT2D eigenvalue weighted by molar-refractivity contribution is 0.184. The van der Waals surface area contributed by atoms with Crippen molar-refractivity contribution in [3.05, 3.63) is 20.5 Å². The highest BCUT2D eigenvalue weighted by Gasteiger charge is 2.04. The van der Waals surface area contributed by atoms with Crippen molar-refractivity contribution in [3.8, 4) is 0 Å². The monoisotopic (exact) mass is 224 g/mol. The van der Waals surface area contributed by atoms with Gasteiger partial charge in [-0.25, -0.2) is 0 Å². The molecule has 0 atom stereocenters. The standard InChI is InChI=1S/C6H6BrFOS/c1-9-3-4-2-5(8)10-6(4)7/h2H,3H2,1H3. The molecular weight excluding hydrogens is 219 g/mol. The topological polar surface area (TPSA) is 9.23 Å². The number of halogens is 2. The summed E-state index contributed by atoms with van der Waals surface area (Å²) in [4.78, 5) is 0. The molecule has 0 saturated carbocycles. The number of thiophene rings is 1. The zero-order valence-corrected chi connectivity index (χ0v) is 7.76. The van der Waals surface area contributed by atoms with E-state index in [1.165, 1.54) is 6.07 Å². The number of rotatable bonds is 2. The minimum absolute atomic E-state index is 0.182. The van der Waals surface area contributed by atoms with E-state index in [0.717, 1.165) is 20.7 Å². The molecule has 1 aromatic heterocycles. The van der Waals surface area contributed by atoms with Gasteiger partial charge in [0.1, 0.15) is 0 Å². The van der Waals surface area contributed by atoms with Gasteiger partial charge in [0, 0.05) is 12.7 Å². The molecule has 0 bridgehead atoms. The van der Waals surface area contributed by atoms with E-state index in [1.807, 2.05) is 0 Å². The van der Waals surface area contributed by atoms with Gasteiger partial charge < -0.3 is 4.74 Å². The van der Waals surface area contributed by atoms with Crippen LogP contribution in [0.15, 0.2) is 9.85 Å². The van der Waals surface area contributed by atoms with Crippen molar-refractivity contribution in [2.75, 3.05) is 7.11 Å². The van der Waals surface area contributed by atoms with E-state index >= 15 is 0 Å². The Kier molecular flexibility index (Phi) is 2.82. The fraction of sp³-hybridized carbons (Fsp3) is 0.333. The molecule has 0 radical (unpaired) electrons. The first-order chi connectivity index (χ1) is 4.74. The number of methoxy groups -OCH3 is 1. The van der Waals surface area contributed by atoms with Crippen LogP contribution in [0.1, 0.15) is 5.56 Å². The molecule has 0 saturated heterocycles. The highest BCUT2D eigenvalue weighted by atomic mass is 79.9. The summed E-state index contributed by atoms with van der Waals surface area (Å²) in [6.45, 7) is 0.459. The molecule has 0 aromatic carbocycles. The minimum Gasteiger partial charge on any atom is -0.380 e. The Labute approximate surface area is 70.9 Å². The van der Waals surface area contributed by atoms with Crippen molar-refractivity contribution in [1.29, 1.82) is 0 Å². The third kappa shape index (κ3) is 1.78. The second-order valence-corrected chi connectivity index (χ2v) is 4.10. The lowest BCUT2D eigenvalue weighted by atomic mass is 10.4. The maximum absolute atomic E-state index is 12.4. The number of ether oxygens (including phenoxy) is 1. The van der Waals surface area contributed by atoms with Crippen molar-refractivity contribution in [2.45, 2.75) is 6.61 Å². The van der Waals surface area contributed by atoms with Crippen molar-refractivity contribution < 1.29 is 9.13 Å². The van der Waals surface area contributed by atoms with Crippen LogP contribution in [0.25, 0.3) is 0 Å². The Morgan fingerprint density at radius 2 is 2.50 bits per heavy atom. The maximum Gasteiger partial charge on any atom is 0.177 e. The van der Waals surface area contributed by atoms with Crippen molar-refractivity contribution in [3.63, 3.8) is 0 Å². The molecule has 0 N–H and O–H groups in total. The molecule has 1 heterocycles. The molecule has 0 spiro atoms. The summed E-state index contributed by atoms with van der Waals surface area (Å²) < 4.78 is 18.1. The summed E-state index contributed by atoms with van der Waals surface area (Å²) in [6, 6.07) is 1.47. The van der Waals surface area contributed by atoms with Crippen LogP contribution < -0.4 is 0 Å². The average molecular weight is 225 g/mol. The van der Waals surface area contributed by atoms with Crippen LogP contribution in [0.3, 0.4) is 0 Å². The van der Waals surface area contributed by atoms with Gasteiger partial charge in [-0.05, 0) is 22.0 Å². The molecule has 0 amide bonds. The third-order valence-corrected chi connectivity index (χ3v) is 2.78. The molecular formula is C6H6BrFOS. The van der Waals surface area contributed by atoms with Gasteiger partial charge in [0.05, 0.1) is 10.4 Å². The van der Waals surface area contributed by atoms with Gasteiger partial charge >= 0.3 is 0 Å². The van der Waals surface area contributed by atoms with E-state index in [2.05, 4.69) is 15.9 Å². The highest BCUT2D eigenvalue weighted by Crippen LogP contribution is 2.27. The molecule has 0 aliphatic heterocycles. The lowest BCUT2D eigenvalue weighted by Gasteiger charge is -1.92. The molecule has 4 heteroatoms. The summed E-state index contributed by atoms with van der Waals surface area (Å²) in [5, 5.41) is -0.182. The van der Waals surface area contributed by atoms with Gasteiger partial charge in [0.15, 0.2) is 5.13 Å². The third-order valence-electron chi connectivity index (χ3n) is 1.03. The zero-order valence-electron chi connectivity index (χ0n) is 5.36. The van der Waals surface area contributed by atoms with E-state index in [1.54, 1.807) is 7.11 Å². The van der Waals surface area contributed by atoms with E-state index in [-0.39, 0.29) is 5.13 Å². The van der Waals surface area contributed by atoms with Gasteiger partial charge in [0.2, 0.25) is 0 Å². The smallest absolute Gasteiger partial charge is 0.177 e. The Morgan fingerprint density at radius 1 is 1.80 bits per heavy atom. The van der Waals surface area contributed by atoms with Crippen LogP contribution in [0.4, 0.5) is 4.39 Å². The Bertz CT molecular complexity index is 224. The van der Waals surface area contributed by atoms with Crippen molar-refractivity contribution in [2.24, 2.45) is 0 Å². The predicted molar refractivity (Wildman–Crippen MR) is 42.7 cm³/mol. The van der Waals surface area contributed by atoms with E-state index in [0.29, 0.717) is 6.61 Å². The molecule has 0 aliphatic carbocycles. The summed E-state index contributed by atoms with van der Waals surface area (Å²) in [6.07, 6.45) is 0. The van der Waals surface area contributed by atoms with Gasteiger partial charge in [-0.15, -0.1) is 0 Å². The molecule has 0 aliphatic rings. The molecule has 1 rings (SSSR count). The molecule has 1 nitrogen and oxygen atoms in total. The first-order valence-corrected chi connectivity index (χ1v) is 4.27.